The minimum absolute atomic E-state index is 0.425. The van der Waals surface area contributed by atoms with E-state index in [4.69, 9.17) is 0 Å². The Morgan fingerprint density at radius 2 is 2.15 bits per heavy atom. The van der Waals surface area contributed by atoms with Crippen LogP contribution < -0.4 is 5.32 Å². The van der Waals surface area contributed by atoms with Gasteiger partial charge in [-0.15, -0.1) is 0 Å². The summed E-state index contributed by atoms with van der Waals surface area (Å²) >= 11 is 0. The van der Waals surface area contributed by atoms with Gasteiger partial charge in [-0.05, 0) is 31.7 Å². The van der Waals surface area contributed by atoms with Gasteiger partial charge in [-0.1, -0.05) is 13.8 Å². The van der Waals surface area contributed by atoms with E-state index >= 15 is 0 Å². The van der Waals surface area contributed by atoms with Crippen LogP contribution in [0.15, 0.2) is 0 Å². The van der Waals surface area contributed by atoms with Crippen molar-refractivity contribution >= 4 is 10.8 Å². The fourth-order valence-corrected chi connectivity index (χ4v) is 3.48. The van der Waals surface area contributed by atoms with E-state index in [1.54, 1.807) is 0 Å². The van der Waals surface area contributed by atoms with E-state index in [2.05, 4.69) is 19.2 Å². The smallest absolute Gasteiger partial charge is 0.0386 e. The molecule has 0 aromatic carbocycles. The first-order valence-electron chi connectivity index (χ1n) is 5.22. The second kappa shape index (κ2) is 5.11. The molecule has 0 aliphatic heterocycles. The van der Waals surface area contributed by atoms with E-state index in [0.29, 0.717) is 17.2 Å². The van der Waals surface area contributed by atoms with Crippen LogP contribution in [0.25, 0.3) is 0 Å². The van der Waals surface area contributed by atoms with E-state index in [1.165, 1.54) is 12.8 Å². The predicted molar refractivity (Wildman–Crippen MR) is 58.3 cm³/mol. The third kappa shape index (κ3) is 2.78. The minimum Gasteiger partial charge on any atom is -0.314 e. The van der Waals surface area contributed by atoms with Gasteiger partial charge in [0.25, 0.3) is 0 Å². The lowest BCUT2D eigenvalue weighted by atomic mass is 10.1. The second-order valence-electron chi connectivity index (χ2n) is 4.03. The monoisotopic (exact) mass is 203 g/mol. The van der Waals surface area contributed by atoms with Gasteiger partial charge in [0.15, 0.2) is 0 Å². The van der Waals surface area contributed by atoms with Gasteiger partial charge in [0.2, 0.25) is 0 Å². The fourth-order valence-electron chi connectivity index (χ4n) is 2.21. The van der Waals surface area contributed by atoms with Crippen molar-refractivity contribution in [1.82, 2.24) is 5.32 Å². The first-order valence-corrected chi connectivity index (χ1v) is 6.84. The summed E-state index contributed by atoms with van der Waals surface area (Å²) in [5, 5.41) is 3.96. The maximum atomic E-state index is 11.4. The van der Waals surface area contributed by atoms with Crippen molar-refractivity contribution < 1.29 is 4.21 Å². The molecule has 1 saturated carbocycles. The van der Waals surface area contributed by atoms with E-state index in [1.807, 2.05) is 6.26 Å². The van der Waals surface area contributed by atoms with Crippen LogP contribution in [0.4, 0.5) is 0 Å². The third-order valence-corrected chi connectivity index (χ3v) is 4.58. The molecule has 1 fully saturated rings. The van der Waals surface area contributed by atoms with Gasteiger partial charge in [-0.3, -0.25) is 4.21 Å². The molecule has 0 aromatic heterocycles. The number of rotatable bonds is 4. The van der Waals surface area contributed by atoms with Gasteiger partial charge in [-0.2, -0.15) is 0 Å². The molecule has 13 heavy (non-hydrogen) atoms. The van der Waals surface area contributed by atoms with Gasteiger partial charge >= 0.3 is 0 Å². The lowest BCUT2D eigenvalue weighted by Gasteiger charge is -2.20. The molecule has 3 heteroatoms. The standard InChI is InChI=1S/C10H21NOS/c1-4-7-11-9-5-6-10(8(9)2)13(3)12/h8-11H,4-7H2,1-3H3. The van der Waals surface area contributed by atoms with Crippen molar-refractivity contribution in [1.29, 1.82) is 0 Å². The SMILES string of the molecule is CCCNC1CCC(S(C)=O)C1C. The fraction of sp³-hybridized carbons (Fsp3) is 1.00. The molecule has 1 rings (SSSR count). The summed E-state index contributed by atoms with van der Waals surface area (Å²) in [4.78, 5) is 0. The molecule has 0 radical (unpaired) electrons. The Balaban J connectivity index is 2.40. The number of nitrogens with one attached hydrogen (secondary N) is 1. The van der Waals surface area contributed by atoms with E-state index in [-0.39, 0.29) is 0 Å². The van der Waals surface area contributed by atoms with E-state index in [0.717, 1.165) is 13.0 Å². The molecule has 0 aromatic rings. The minimum atomic E-state index is -0.637. The van der Waals surface area contributed by atoms with Crippen molar-refractivity contribution in [3.05, 3.63) is 0 Å². The molecule has 0 spiro atoms. The number of hydrogen-bond acceptors (Lipinski definition) is 2. The van der Waals surface area contributed by atoms with Gasteiger partial charge in [0, 0.05) is 28.3 Å². The molecule has 1 N–H and O–H groups in total. The Kier molecular flexibility index (Phi) is 4.39. The highest BCUT2D eigenvalue weighted by atomic mass is 32.2. The van der Waals surface area contributed by atoms with Gasteiger partial charge in [0.1, 0.15) is 0 Å². The zero-order chi connectivity index (χ0) is 9.84. The van der Waals surface area contributed by atoms with Crippen molar-refractivity contribution in [3.63, 3.8) is 0 Å². The molecule has 1 aliphatic carbocycles. The van der Waals surface area contributed by atoms with Crippen LogP contribution in [0.1, 0.15) is 33.1 Å². The van der Waals surface area contributed by atoms with Crippen LogP contribution in [0.5, 0.6) is 0 Å². The lowest BCUT2D eigenvalue weighted by molar-refractivity contribution is 0.429. The maximum Gasteiger partial charge on any atom is 0.0386 e. The first kappa shape index (κ1) is 11.2. The molecular weight excluding hydrogens is 182 g/mol. The van der Waals surface area contributed by atoms with Crippen LogP contribution >= 0.6 is 0 Å². The molecule has 0 bridgehead atoms. The molecule has 0 heterocycles. The molecule has 1 aliphatic rings. The first-order chi connectivity index (χ1) is 6.16. The molecular formula is C10H21NOS. The summed E-state index contributed by atoms with van der Waals surface area (Å²) in [6, 6.07) is 0.605. The highest BCUT2D eigenvalue weighted by Crippen LogP contribution is 2.29. The largest absolute Gasteiger partial charge is 0.314 e. The summed E-state index contributed by atoms with van der Waals surface area (Å²) in [6.07, 6.45) is 5.35. The van der Waals surface area contributed by atoms with Crippen LogP contribution in [-0.2, 0) is 10.8 Å². The van der Waals surface area contributed by atoms with Gasteiger partial charge < -0.3 is 5.32 Å². The van der Waals surface area contributed by atoms with Crippen molar-refractivity contribution in [2.45, 2.75) is 44.4 Å². The van der Waals surface area contributed by atoms with Crippen LogP contribution in [-0.4, -0.2) is 28.3 Å². The lowest BCUT2D eigenvalue weighted by Crippen LogP contribution is -2.35. The summed E-state index contributed by atoms with van der Waals surface area (Å²) in [5.74, 6) is 0.581. The Labute approximate surface area is 83.9 Å². The molecule has 4 atom stereocenters. The quantitative estimate of drug-likeness (QED) is 0.751. The van der Waals surface area contributed by atoms with Crippen molar-refractivity contribution in [3.8, 4) is 0 Å². The number of hydrogen-bond donors (Lipinski definition) is 1. The Hall–Kier alpha value is 0.110. The van der Waals surface area contributed by atoms with Gasteiger partial charge in [0.05, 0.1) is 0 Å². The van der Waals surface area contributed by atoms with Crippen molar-refractivity contribution in [2.24, 2.45) is 5.92 Å². The Bertz CT molecular complexity index is 184. The molecule has 78 valence electrons. The Morgan fingerprint density at radius 3 is 2.62 bits per heavy atom. The second-order valence-corrected chi connectivity index (χ2v) is 5.64. The summed E-state index contributed by atoms with van der Waals surface area (Å²) in [7, 11) is -0.637. The highest BCUT2D eigenvalue weighted by Gasteiger charge is 2.34. The highest BCUT2D eigenvalue weighted by molar-refractivity contribution is 7.84. The molecule has 4 unspecified atom stereocenters. The van der Waals surface area contributed by atoms with Crippen LogP contribution in [0, 0.1) is 5.92 Å². The third-order valence-electron chi connectivity index (χ3n) is 3.07. The van der Waals surface area contributed by atoms with Crippen LogP contribution in [0.2, 0.25) is 0 Å². The average Bonchev–Trinajstić information content (AvgIpc) is 2.43. The maximum absolute atomic E-state index is 11.4. The average molecular weight is 203 g/mol. The van der Waals surface area contributed by atoms with Crippen LogP contribution in [0.3, 0.4) is 0 Å². The predicted octanol–water partition coefficient (Wildman–Crippen LogP) is 1.53. The summed E-state index contributed by atoms with van der Waals surface area (Å²) in [6.45, 7) is 5.51. The van der Waals surface area contributed by atoms with E-state index < -0.39 is 10.8 Å². The topological polar surface area (TPSA) is 29.1 Å². The van der Waals surface area contributed by atoms with Gasteiger partial charge in [-0.25, -0.2) is 0 Å². The molecule has 0 saturated heterocycles. The molecule has 0 amide bonds. The van der Waals surface area contributed by atoms with Crippen molar-refractivity contribution in [2.75, 3.05) is 12.8 Å². The zero-order valence-corrected chi connectivity index (χ0v) is 9.69. The zero-order valence-electron chi connectivity index (χ0n) is 8.88. The summed E-state index contributed by atoms with van der Waals surface area (Å²) in [5.41, 5.74) is 0. The summed E-state index contributed by atoms with van der Waals surface area (Å²) < 4.78 is 11.4. The Morgan fingerprint density at radius 1 is 1.46 bits per heavy atom. The van der Waals surface area contributed by atoms with E-state index in [9.17, 15) is 4.21 Å². The normalized spacial score (nSPS) is 36.4. The molecule has 2 nitrogen and oxygen atoms in total.